The summed E-state index contributed by atoms with van der Waals surface area (Å²) in [6.07, 6.45) is 0. The lowest BCUT2D eigenvalue weighted by atomic mass is 10.2. The first kappa shape index (κ1) is 12.9. The molecule has 20 heavy (non-hydrogen) atoms. The molecule has 1 fully saturated rings. The lowest BCUT2D eigenvalue weighted by Gasteiger charge is -2.30. The number of hydrogen-bond donors (Lipinski definition) is 3. The minimum Gasteiger partial charge on any atom is -0.507 e. The lowest BCUT2D eigenvalue weighted by Crippen LogP contribution is -2.49. The molecule has 0 saturated carbocycles. The predicted octanol–water partition coefficient (Wildman–Crippen LogP) is 1.11. The van der Waals surface area contributed by atoms with Crippen molar-refractivity contribution in [1.82, 2.24) is 20.5 Å². The molecular weight excluding hydrogens is 261 g/mol. The molecule has 1 atom stereocenters. The molecule has 1 saturated heterocycles. The summed E-state index contributed by atoms with van der Waals surface area (Å²) in [5.41, 5.74) is 0.312. The number of phenols is 1. The Labute approximate surface area is 115 Å². The van der Waals surface area contributed by atoms with E-state index in [-0.39, 0.29) is 5.75 Å². The summed E-state index contributed by atoms with van der Waals surface area (Å²) in [6.45, 7) is 4.59. The first-order valence-electron chi connectivity index (χ1n) is 6.53. The van der Waals surface area contributed by atoms with E-state index in [0.29, 0.717) is 23.4 Å². The monoisotopic (exact) mass is 277 g/mol. The van der Waals surface area contributed by atoms with Gasteiger partial charge in [-0.1, -0.05) is 0 Å². The fourth-order valence-corrected chi connectivity index (χ4v) is 2.33. The number of hydrogen-bond acceptors (Lipinski definition) is 5. The maximum Gasteiger partial charge on any atom is 0.245 e. The van der Waals surface area contributed by atoms with Crippen molar-refractivity contribution in [3.05, 3.63) is 24.0 Å². The van der Waals surface area contributed by atoms with E-state index < -0.39 is 5.82 Å². The molecule has 0 unspecified atom stereocenters. The zero-order valence-corrected chi connectivity index (χ0v) is 11.1. The van der Waals surface area contributed by atoms with Crippen LogP contribution in [0.4, 0.5) is 10.3 Å². The number of aromatic hydroxyl groups is 1. The summed E-state index contributed by atoms with van der Waals surface area (Å²) in [5, 5.41) is 20.0. The molecule has 0 amide bonds. The van der Waals surface area contributed by atoms with E-state index in [1.165, 1.54) is 18.2 Å². The molecule has 1 aromatic heterocycles. The third-order valence-corrected chi connectivity index (χ3v) is 3.34. The highest BCUT2D eigenvalue weighted by Crippen LogP contribution is 2.28. The van der Waals surface area contributed by atoms with E-state index in [9.17, 15) is 9.50 Å². The molecule has 2 aromatic rings. The van der Waals surface area contributed by atoms with Gasteiger partial charge in [0, 0.05) is 25.7 Å². The van der Waals surface area contributed by atoms with Gasteiger partial charge in [-0.25, -0.2) is 4.39 Å². The number of halogens is 1. The minimum absolute atomic E-state index is 0.0252. The molecule has 1 aromatic carbocycles. The number of nitrogens with one attached hydrogen (secondary N) is 2. The fourth-order valence-electron chi connectivity index (χ4n) is 2.33. The average molecular weight is 277 g/mol. The minimum atomic E-state index is -0.424. The molecule has 0 aliphatic carbocycles. The van der Waals surface area contributed by atoms with Crippen molar-refractivity contribution in [3.63, 3.8) is 0 Å². The van der Waals surface area contributed by atoms with Crippen LogP contribution in [0.2, 0.25) is 0 Å². The number of piperazine rings is 1. The summed E-state index contributed by atoms with van der Waals surface area (Å²) in [5.74, 6) is 0.481. The second kappa shape index (κ2) is 5.09. The summed E-state index contributed by atoms with van der Waals surface area (Å²) in [7, 11) is 0. The van der Waals surface area contributed by atoms with Crippen LogP contribution < -0.4 is 10.2 Å². The third-order valence-electron chi connectivity index (χ3n) is 3.34. The van der Waals surface area contributed by atoms with Crippen molar-refractivity contribution < 1.29 is 9.50 Å². The number of aromatic nitrogens is 3. The van der Waals surface area contributed by atoms with Crippen LogP contribution in [0.15, 0.2) is 18.2 Å². The highest BCUT2D eigenvalue weighted by Gasteiger charge is 2.20. The summed E-state index contributed by atoms with van der Waals surface area (Å²) in [4.78, 5) is 6.40. The number of H-pyrrole nitrogens is 1. The van der Waals surface area contributed by atoms with Gasteiger partial charge < -0.3 is 15.3 Å². The van der Waals surface area contributed by atoms with Crippen molar-refractivity contribution in [3.8, 4) is 17.1 Å². The highest BCUT2D eigenvalue weighted by atomic mass is 19.1. The van der Waals surface area contributed by atoms with E-state index in [0.717, 1.165) is 19.6 Å². The van der Waals surface area contributed by atoms with Gasteiger partial charge in [0.05, 0.1) is 5.56 Å². The predicted molar refractivity (Wildman–Crippen MR) is 73.1 cm³/mol. The van der Waals surface area contributed by atoms with E-state index in [2.05, 4.69) is 32.3 Å². The first-order valence-corrected chi connectivity index (χ1v) is 6.53. The third kappa shape index (κ3) is 2.44. The summed E-state index contributed by atoms with van der Waals surface area (Å²) in [6, 6.07) is 4.11. The normalized spacial score (nSPS) is 19.3. The molecule has 1 aliphatic rings. The highest BCUT2D eigenvalue weighted by molar-refractivity contribution is 5.64. The zero-order chi connectivity index (χ0) is 14.1. The van der Waals surface area contributed by atoms with Crippen LogP contribution in [0.3, 0.4) is 0 Å². The number of nitrogens with zero attached hydrogens (tertiary/aromatic N) is 3. The molecule has 0 bridgehead atoms. The van der Waals surface area contributed by atoms with E-state index >= 15 is 0 Å². The molecule has 2 heterocycles. The maximum atomic E-state index is 13.3. The Morgan fingerprint density at radius 3 is 3.10 bits per heavy atom. The van der Waals surface area contributed by atoms with Crippen molar-refractivity contribution in [2.75, 3.05) is 24.5 Å². The smallest absolute Gasteiger partial charge is 0.245 e. The molecule has 3 N–H and O–H groups in total. The van der Waals surface area contributed by atoms with Gasteiger partial charge in [0.1, 0.15) is 11.6 Å². The van der Waals surface area contributed by atoms with Gasteiger partial charge in [-0.2, -0.15) is 4.98 Å². The van der Waals surface area contributed by atoms with Crippen LogP contribution in [0.5, 0.6) is 5.75 Å². The van der Waals surface area contributed by atoms with Crippen LogP contribution >= 0.6 is 0 Å². The van der Waals surface area contributed by atoms with Crippen LogP contribution in [-0.4, -0.2) is 46.0 Å². The Morgan fingerprint density at radius 2 is 2.30 bits per heavy atom. The van der Waals surface area contributed by atoms with Crippen LogP contribution in [-0.2, 0) is 0 Å². The molecule has 1 aliphatic heterocycles. The van der Waals surface area contributed by atoms with Gasteiger partial charge in [-0.05, 0) is 25.1 Å². The fraction of sp³-hybridized carbons (Fsp3) is 0.385. The van der Waals surface area contributed by atoms with Crippen molar-refractivity contribution in [1.29, 1.82) is 0 Å². The van der Waals surface area contributed by atoms with Gasteiger partial charge in [-0.3, -0.25) is 5.10 Å². The Hall–Kier alpha value is -2.15. The van der Waals surface area contributed by atoms with Gasteiger partial charge >= 0.3 is 0 Å². The quantitative estimate of drug-likeness (QED) is 0.766. The largest absolute Gasteiger partial charge is 0.507 e. The maximum absolute atomic E-state index is 13.3. The van der Waals surface area contributed by atoms with Crippen molar-refractivity contribution >= 4 is 5.95 Å². The Kier molecular flexibility index (Phi) is 3.27. The number of anilines is 1. The number of aromatic amines is 1. The molecule has 106 valence electrons. The Balaban J connectivity index is 1.88. The van der Waals surface area contributed by atoms with Crippen molar-refractivity contribution in [2.24, 2.45) is 0 Å². The van der Waals surface area contributed by atoms with Crippen LogP contribution in [0.25, 0.3) is 11.4 Å². The summed E-state index contributed by atoms with van der Waals surface area (Å²) < 4.78 is 13.3. The van der Waals surface area contributed by atoms with Gasteiger partial charge in [0.2, 0.25) is 5.95 Å². The van der Waals surface area contributed by atoms with Gasteiger partial charge in [0.25, 0.3) is 0 Å². The van der Waals surface area contributed by atoms with Gasteiger partial charge in [0.15, 0.2) is 5.82 Å². The molecule has 0 radical (unpaired) electrons. The molecule has 0 spiro atoms. The van der Waals surface area contributed by atoms with E-state index in [1.807, 2.05) is 0 Å². The second-order valence-electron chi connectivity index (χ2n) is 4.95. The van der Waals surface area contributed by atoms with Crippen LogP contribution in [0, 0.1) is 5.82 Å². The molecule has 6 nitrogen and oxygen atoms in total. The summed E-state index contributed by atoms with van der Waals surface area (Å²) >= 11 is 0. The topological polar surface area (TPSA) is 77.1 Å². The van der Waals surface area contributed by atoms with E-state index in [4.69, 9.17) is 0 Å². The lowest BCUT2D eigenvalue weighted by molar-refractivity contribution is 0.474. The standard InChI is InChI=1S/C13H16FN5O/c1-8-7-19(5-4-15-8)13-16-12(17-18-13)10-6-9(14)2-3-11(10)20/h2-3,6,8,15,20H,4-5,7H2,1H3,(H,16,17,18)/t8-/m0/s1. The van der Waals surface area contributed by atoms with Gasteiger partial charge in [-0.15, -0.1) is 5.10 Å². The average Bonchev–Trinajstić information content (AvgIpc) is 2.91. The Bertz CT molecular complexity index is 615. The number of benzene rings is 1. The number of phenolic OH excluding ortho intramolecular Hbond substituents is 1. The molecule has 3 rings (SSSR count). The second-order valence-corrected chi connectivity index (χ2v) is 4.95. The van der Waals surface area contributed by atoms with Crippen molar-refractivity contribution in [2.45, 2.75) is 13.0 Å². The SMILES string of the molecule is C[C@H]1CN(c2n[nH]c(-c3cc(F)ccc3O)n2)CCN1. The number of rotatable bonds is 2. The molecule has 7 heteroatoms. The zero-order valence-electron chi connectivity index (χ0n) is 11.1. The Morgan fingerprint density at radius 1 is 1.45 bits per heavy atom. The van der Waals surface area contributed by atoms with Crippen LogP contribution in [0.1, 0.15) is 6.92 Å². The first-order chi connectivity index (χ1) is 9.63. The van der Waals surface area contributed by atoms with E-state index in [1.54, 1.807) is 0 Å². The molecular formula is C13H16FN5O.